The average molecular weight is 290 g/mol. The Bertz CT molecular complexity index is 488. The molecule has 2 fully saturated rings. The summed E-state index contributed by atoms with van der Waals surface area (Å²) in [5.74, 6) is -0.107. The topological polar surface area (TPSA) is 15.3 Å². The highest BCUT2D eigenvalue weighted by atomic mass is 19.1. The molecule has 0 atom stereocenters. The van der Waals surface area contributed by atoms with Crippen molar-refractivity contribution < 1.29 is 4.39 Å². The summed E-state index contributed by atoms with van der Waals surface area (Å²) in [6.45, 7) is 7.53. The summed E-state index contributed by atoms with van der Waals surface area (Å²) < 4.78 is 13.9. The molecule has 1 N–H and O–H groups in total. The maximum absolute atomic E-state index is 13.9. The molecule has 1 aromatic carbocycles. The Hall–Kier alpha value is -1.09. The van der Waals surface area contributed by atoms with E-state index in [2.05, 4.69) is 30.1 Å². The van der Waals surface area contributed by atoms with Gasteiger partial charge in [0.2, 0.25) is 0 Å². The van der Waals surface area contributed by atoms with E-state index in [9.17, 15) is 4.39 Å². The van der Waals surface area contributed by atoms with Gasteiger partial charge in [-0.25, -0.2) is 4.39 Å². The maximum Gasteiger partial charge on any atom is 0.125 e. The minimum atomic E-state index is -0.107. The predicted octanol–water partition coefficient (Wildman–Crippen LogP) is 4.09. The van der Waals surface area contributed by atoms with E-state index in [1.165, 1.54) is 32.1 Å². The maximum atomic E-state index is 13.9. The van der Waals surface area contributed by atoms with Gasteiger partial charge in [0.05, 0.1) is 0 Å². The summed E-state index contributed by atoms with van der Waals surface area (Å²) >= 11 is 0. The minimum absolute atomic E-state index is 0.107. The van der Waals surface area contributed by atoms with Crippen molar-refractivity contribution in [3.8, 4) is 0 Å². The fourth-order valence-electron chi connectivity index (χ4n) is 3.13. The molecule has 0 bridgehead atoms. The van der Waals surface area contributed by atoms with Crippen LogP contribution in [0, 0.1) is 11.2 Å². The zero-order valence-electron chi connectivity index (χ0n) is 13.3. The Morgan fingerprint density at radius 2 is 1.95 bits per heavy atom. The fourth-order valence-corrected chi connectivity index (χ4v) is 3.13. The van der Waals surface area contributed by atoms with Crippen LogP contribution in [0.25, 0.3) is 0 Å². The van der Waals surface area contributed by atoms with E-state index in [1.807, 2.05) is 0 Å². The average Bonchev–Trinajstić information content (AvgIpc) is 3.30. The molecule has 0 radical (unpaired) electrons. The van der Waals surface area contributed by atoms with E-state index in [0.29, 0.717) is 11.5 Å². The number of halogens is 1. The second-order valence-corrected chi connectivity index (χ2v) is 7.12. The molecule has 1 heterocycles. The molecule has 0 aromatic heterocycles. The van der Waals surface area contributed by atoms with E-state index in [1.54, 1.807) is 12.1 Å². The van der Waals surface area contributed by atoms with Gasteiger partial charge < -0.3 is 10.2 Å². The van der Waals surface area contributed by atoms with Crippen LogP contribution < -0.4 is 10.2 Å². The molecular formula is C18H27FN2. The van der Waals surface area contributed by atoms with Crippen LogP contribution >= 0.6 is 0 Å². The lowest BCUT2D eigenvalue weighted by molar-refractivity contribution is 0.238. The third kappa shape index (κ3) is 3.76. The largest absolute Gasteiger partial charge is 0.371 e. The number of hydrogen-bond acceptors (Lipinski definition) is 2. The normalized spacial score (nSPS) is 21.6. The molecule has 2 aliphatic rings. The summed E-state index contributed by atoms with van der Waals surface area (Å²) in [6, 6.07) is 6.18. The Kier molecular flexibility index (Phi) is 4.21. The standard InChI is InChI=1S/C18H27FN2/c1-3-18(2)6-8-21(9-7-18)17-11-14(10-15(19)12-17)13-20-16-4-5-16/h10-12,16,20H,3-9,13H2,1-2H3. The summed E-state index contributed by atoms with van der Waals surface area (Å²) in [5, 5.41) is 3.47. The number of piperidine rings is 1. The molecule has 1 aliphatic carbocycles. The number of anilines is 1. The summed E-state index contributed by atoms with van der Waals surface area (Å²) in [5.41, 5.74) is 2.60. The summed E-state index contributed by atoms with van der Waals surface area (Å²) in [7, 11) is 0. The van der Waals surface area contributed by atoms with Gasteiger partial charge >= 0.3 is 0 Å². The lowest BCUT2D eigenvalue weighted by atomic mass is 9.78. The van der Waals surface area contributed by atoms with Gasteiger partial charge in [0.25, 0.3) is 0 Å². The Labute approximate surface area is 127 Å². The number of benzene rings is 1. The van der Waals surface area contributed by atoms with Crippen LogP contribution in [0.15, 0.2) is 18.2 Å². The Morgan fingerprint density at radius 1 is 1.24 bits per heavy atom. The molecule has 21 heavy (non-hydrogen) atoms. The van der Waals surface area contributed by atoms with Crippen molar-refractivity contribution in [2.24, 2.45) is 5.41 Å². The number of rotatable bonds is 5. The molecule has 1 aromatic rings. The van der Waals surface area contributed by atoms with Crippen LogP contribution in [0.2, 0.25) is 0 Å². The van der Waals surface area contributed by atoms with E-state index < -0.39 is 0 Å². The van der Waals surface area contributed by atoms with Gasteiger partial charge in [-0.1, -0.05) is 20.3 Å². The quantitative estimate of drug-likeness (QED) is 0.878. The van der Waals surface area contributed by atoms with Crippen molar-refractivity contribution >= 4 is 5.69 Å². The minimum Gasteiger partial charge on any atom is -0.371 e. The zero-order valence-corrected chi connectivity index (χ0v) is 13.3. The van der Waals surface area contributed by atoms with Gasteiger partial charge in [0.1, 0.15) is 5.82 Å². The Morgan fingerprint density at radius 3 is 2.57 bits per heavy atom. The van der Waals surface area contributed by atoms with Gasteiger partial charge in [-0.05, 0) is 54.9 Å². The van der Waals surface area contributed by atoms with Crippen molar-refractivity contribution in [3.63, 3.8) is 0 Å². The number of nitrogens with one attached hydrogen (secondary N) is 1. The first-order valence-corrected chi connectivity index (χ1v) is 8.36. The molecule has 1 aliphatic heterocycles. The van der Waals surface area contributed by atoms with Crippen LogP contribution in [0.4, 0.5) is 10.1 Å². The zero-order chi connectivity index (χ0) is 14.9. The molecule has 0 spiro atoms. The SMILES string of the molecule is CCC1(C)CCN(c2cc(F)cc(CNC3CC3)c2)CC1. The fraction of sp³-hybridized carbons (Fsp3) is 0.667. The van der Waals surface area contributed by atoms with Gasteiger partial charge in [-0.15, -0.1) is 0 Å². The van der Waals surface area contributed by atoms with E-state index in [4.69, 9.17) is 0 Å². The monoisotopic (exact) mass is 290 g/mol. The second kappa shape index (κ2) is 5.96. The molecule has 0 amide bonds. The lowest BCUT2D eigenvalue weighted by Crippen LogP contribution is -2.38. The molecule has 0 unspecified atom stereocenters. The van der Waals surface area contributed by atoms with Crippen LogP contribution in [0.5, 0.6) is 0 Å². The van der Waals surface area contributed by atoms with Crippen molar-refractivity contribution in [3.05, 3.63) is 29.6 Å². The summed E-state index contributed by atoms with van der Waals surface area (Å²) in [4.78, 5) is 2.35. The first kappa shape index (κ1) is 14.8. The van der Waals surface area contributed by atoms with Crippen molar-refractivity contribution in [1.82, 2.24) is 5.32 Å². The first-order valence-electron chi connectivity index (χ1n) is 8.36. The van der Waals surface area contributed by atoms with Gasteiger partial charge in [-0.2, -0.15) is 0 Å². The van der Waals surface area contributed by atoms with E-state index >= 15 is 0 Å². The molecule has 3 heteroatoms. The van der Waals surface area contributed by atoms with Gasteiger partial charge in [-0.3, -0.25) is 0 Å². The van der Waals surface area contributed by atoms with Crippen molar-refractivity contribution in [2.45, 2.75) is 58.5 Å². The smallest absolute Gasteiger partial charge is 0.125 e. The third-order valence-corrected chi connectivity index (χ3v) is 5.30. The molecular weight excluding hydrogens is 263 g/mol. The second-order valence-electron chi connectivity index (χ2n) is 7.12. The van der Waals surface area contributed by atoms with Crippen molar-refractivity contribution in [2.75, 3.05) is 18.0 Å². The first-order chi connectivity index (χ1) is 10.1. The number of hydrogen-bond donors (Lipinski definition) is 1. The Balaban J connectivity index is 1.66. The highest BCUT2D eigenvalue weighted by molar-refractivity contribution is 5.49. The summed E-state index contributed by atoms with van der Waals surface area (Å²) in [6.07, 6.45) is 6.18. The van der Waals surface area contributed by atoms with Crippen LogP contribution in [0.1, 0.15) is 51.5 Å². The molecule has 116 valence electrons. The predicted molar refractivity (Wildman–Crippen MR) is 86.1 cm³/mol. The molecule has 1 saturated carbocycles. The van der Waals surface area contributed by atoms with E-state index in [0.717, 1.165) is 30.9 Å². The lowest BCUT2D eigenvalue weighted by Gasteiger charge is -2.40. The molecule has 2 nitrogen and oxygen atoms in total. The van der Waals surface area contributed by atoms with E-state index in [-0.39, 0.29) is 5.82 Å². The van der Waals surface area contributed by atoms with Gasteiger partial charge in [0, 0.05) is 31.4 Å². The van der Waals surface area contributed by atoms with Crippen LogP contribution in [-0.2, 0) is 6.54 Å². The highest BCUT2D eigenvalue weighted by Crippen LogP contribution is 2.36. The van der Waals surface area contributed by atoms with Crippen LogP contribution in [0.3, 0.4) is 0 Å². The highest BCUT2D eigenvalue weighted by Gasteiger charge is 2.28. The third-order valence-electron chi connectivity index (χ3n) is 5.30. The van der Waals surface area contributed by atoms with Gasteiger partial charge in [0.15, 0.2) is 0 Å². The number of nitrogens with zero attached hydrogens (tertiary/aromatic N) is 1. The van der Waals surface area contributed by atoms with Crippen molar-refractivity contribution in [1.29, 1.82) is 0 Å². The molecule has 3 rings (SSSR count). The molecule has 1 saturated heterocycles. The van der Waals surface area contributed by atoms with Crippen LogP contribution in [-0.4, -0.2) is 19.1 Å².